The van der Waals surface area contributed by atoms with Gasteiger partial charge in [-0.25, -0.2) is 9.78 Å². The molecular weight excluding hydrogens is 282 g/mol. The smallest absolute Gasteiger partial charge is 0.332 e. The van der Waals surface area contributed by atoms with Crippen molar-refractivity contribution in [2.45, 2.75) is 26.8 Å². The Hall–Kier alpha value is -1.89. The fourth-order valence-electron chi connectivity index (χ4n) is 3.58. The number of likely N-dealkylation sites (tertiary alicyclic amines) is 1. The first-order chi connectivity index (χ1) is 10.4. The summed E-state index contributed by atoms with van der Waals surface area (Å²) in [5.74, 6) is 2.09. The standard InChI is InChI=1S/C15H23N5O2/c1-9-5-10(2)7-20(6-9)8-11-16-12-13(17-11)18(3)15(22)19(4)14(12)21/h9-10H,5-8H2,1-4H3,(H,16,17). The monoisotopic (exact) mass is 305 g/mol. The van der Waals surface area contributed by atoms with Crippen LogP contribution < -0.4 is 11.2 Å². The van der Waals surface area contributed by atoms with E-state index >= 15 is 0 Å². The number of H-pyrrole nitrogens is 1. The van der Waals surface area contributed by atoms with Crippen LogP contribution in [-0.2, 0) is 20.6 Å². The average Bonchev–Trinajstić information content (AvgIpc) is 2.85. The minimum Gasteiger partial charge on any atom is -0.335 e. The number of aromatic amines is 1. The Kier molecular flexibility index (Phi) is 3.68. The molecular formula is C15H23N5O2. The van der Waals surface area contributed by atoms with Gasteiger partial charge in [-0.05, 0) is 18.3 Å². The van der Waals surface area contributed by atoms with Gasteiger partial charge in [-0.2, -0.15) is 0 Å². The molecule has 0 aliphatic carbocycles. The SMILES string of the molecule is CC1CC(C)CN(Cc2nc3c([nH]2)c(=O)n(C)c(=O)n3C)C1. The van der Waals surface area contributed by atoms with Crippen molar-refractivity contribution < 1.29 is 0 Å². The van der Waals surface area contributed by atoms with Crippen LogP contribution in [0.15, 0.2) is 9.59 Å². The lowest BCUT2D eigenvalue weighted by molar-refractivity contribution is 0.132. The molecule has 3 heterocycles. The van der Waals surface area contributed by atoms with E-state index in [0.29, 0.717) is 29.5 Å². The van der Waals surface area contributed by atoms with Gasteiger partial charge in [-0.15, -0.1) is 0 Å². The van der Waals surface area contributed by atoms with E-state index in [1.165, 1.54) is 18.0 Å². The van der Waals surface area contributed by atoms with Gasteiger partial charge >= 0.3 is 5.69 Å². The third-order valence-corrected chi connectivity index (χ3v) is 4.46. The predicted molar refractivity (Wildman–Crippen MR) is 84.8 cm³/mol. The second-order valence-corrected chi connectivity index (χ2v) is 6.73. The summed E-state index contributed by atoms with van der Waals surface area (Å²) in [5, 5.41) is 0. The molecule has 1 N–H and O–H groups in total. The summed E-state index contributed by atoms with van der Waals surface area (Å²) in [6, 6.07) is 0. The van der Waals surface area contributed by atoms with E-state index in [0.717, 1.165) is 23.5 Å². The van der Waals surface area contributed by atoms with Crippen LogP contribution in [0.1, 0.15) is 26.1 Å². The normalized spacial score (nSPS) is 23.3. The maximum Gasteiger partial charge on any atom is 0.332 e. The fourth-order valence-corrected chi connectivity index (χ4v) is 3.58. The number of hydrogen-bond acceptors (Lipinski definition) is 4. The molecule has 1 aliphatic heterocycles. The molecule has 0 saturated carbocycles. The zero-order chi connectivity index (χ0) is 16.0. The molecule has 2 unspecified atom stereocenters. The molecule has 0 aromatic carbocycles. The summed E-state index contributed by atoms with van der Waals surface area (Å²) < 4.78 is 2.52. The van der Waals surface area contributed by atoms with Crippen LogP contribution >= 0.6 is 0 Å². The average molecular weight is 305 g/mol. The van der Waals surface area contributed by atoms with Crippen molar-refractivity contribution in [3.8, 4) is 0 Å². The molecule has 22 heavy (non-hydrogen) atoms. The zero-order valence-corrected chi connectivity index (χ0v) is 13.6. The maximum absolute atomic E-state index is 12.2. The van der Waals surface area contributed by atoms with Crippen LogP contribution in [0.2, 0.25) is 0 Å². The van der Waals surface area contributed by atoms with Gasteiger partial charge in [0.05, 0.1) is 6.54 Å². The zero-order valence-electron chi connectivity index (χ0n) is 13.6. The Morgan fingerprint density at radius 1 is 1.14 bits per heavy atom. The van der Waals surface area contributed by atoms with Gasteiger partial charge in [0.2, 0.25) is 0 Å². The lowest BCUT2D eigenvalue weighted by atomic mass is 9.92. The molecule has 1 aliphatic rings. The number of aromatic nitrogens is 4. The first-order valence-electron chi connectivity index (χ1n) is 7.73. The molecule has 0 amide bonds. The van der Waals surface area contributed by atoms with Crippen molar-refractivity contribution in [1.82, 2.24) is 24.0 Å². The number of rotatable bonds is 2. The van der Waals surface area contributed by atoms with Gasteiger partial charge in [0.1, 0.15) is 11.3 Å². The van der Waals surface area contributed by atoms with Crippen molar-refractivity contribution in [2.75, 3.05) is 13.1 Å². The van der Waals surface area contributed by atoms with Crippen LogP contribution in [0.5, 0.6) is 0 Å². The number of piperidine rings is 1. The van der Waals surface area contributed by atoms with Gasteiger partial charge in [-0.1, -0.05) is 13.8 Å². The quantitative estimate of drug-likeness (QED) is 0.873. The van der Waals surface area contributed by atoms with Crippen LogP contribution in [-0.4, -0.2) is 37.1 Å². The molecule has 2 aromatic heterocycles. The number of imidazole rings is 1. The van der Waals surface area contributed by atoms with E-state index in [2.05, 4.69) is 28.7 Å². The van der Waals surface area contributed by atoms with Gasteiger partial charge in [-0.3, -0.25) is 18.8 Å². The highest BCUT2D eigenvalue weighted by Crippen LogP contribution is 2.22. The summed E-state index contributed by atoms with van der Waals surface area (Å²) in [6.45, 7) is 7.29. The molecule has 1 saturated heterocycles. The van der Waals surface area contributed by atoms with Crippen LogP contribution in [0, 0.1) is 11.8 Å². The van der Waals surface area contributed by atoms with Crippen molar-refractivity contribution in [3.05, 3.63) is 26.7 Å². The fraction of sp³-hybridized carbons (Fsp3) is 0.667. The highest BCUT2D eigenvalue weighted by molar-refractivity contribution is 5.69. The summed E-state index contributed by atoms with van der Waals surface area (Å²) in [4.78, 5) is 34.1. The second kappa shape index (κ2) is 5.39. The van der Waals surface area contributed by atoms with E-state index in [4.69, 9.17) is 0 Å². The third kappa shape index (κ3) is 2.49. The van der Waals surface area contributed by atoms with Crippen LogP contribution in [0.3, 0.4) is 0 Å². The van der Waals surface area contributed by atoms with Crippen LogP contribution in [0.25, 0.3) is 11.2 Å². The summed E-state index contributed by atoms with van der Waals surface area (Å²) in [6.07, 6.45) is 1.26. The van der Waals surface area contributed by atoms with E-state index in [1.807, 2.05) is 0 Å². The Balaban J connectivity index is 1.96. The molecule has 1 fully saturated rings. The molecule has 7 heteroatoms. The minimum absolute atomic E-state index is 0.322. The number of hydrogen-bond donors (Lipinski definition) is 1. The molecule has 120 valence electrons. The highest BCUT2D eigenvalue weighted by Gasteiger charge is 2.23. The Morgan fingerprint density at radius 2 is 1.77 bits per heavy atom. The number of nitrogens with one attached hydrogen (secondary N) is 1. The van der Waals surface area contributed by atoms with E-state index in [1.54, 1.807) is 7.05 Å². The van der Waals surface area contributed by atoms with Crippen molar-refractivity contribution in [1.29, 1.82) is 0 Å². The molecule has 2 atom stereocenters. The lowest BCUT2D eigenvalue weighted by Crippen LogP contribution is -2.38. The van der Waals surface area contributed by atoms with E-state index < -0.39 is 0 Å². The van der Waals surface area contributed by atoms with E-state index in [-0.39, 0.29) is 11.2 Å². The van der Waals surface area contributed by atoms with Crippen molar-refractivity contribution in [3.63, 3.8) is 0 Å². The molecule has 0 radical (unpaired) electrons. The lowest BCUT2D eigenvalue weighted by Gasteiger charge is -2.34. The van der Waals surface area contributed by atoms with Crippen molar-refractivity contribution >= 4 is 11.2 Å². The van der Waals surface area contributed by atoms with Gasteiger partial charge < -0.3 is 4.98 Å². The minimum atomic E-state index is -0.351. The van der Waals surface area contributed by atoms with Gasteiger partial charge in [0, 0.05) is 27.2 Å². The molecule has 0 spiro atoms. The Bertz CT molecular complexity index is 806. The first kappa shape index (κ1) is 15.0. The number of fused-ring (bicyclic) bond motifs is 1. The largest absolute Gasteiger partial charge is 0.335 e. The van der Waals surface area contributed by atoms with Crippen LogP contribution in [0.4, 0.5) is 0 Å². The summed E-state index contributed by atoms with van der Waals surface area (Å²) >= 11 is 0. The molecule has 7 nitrogen and oxygen atoms in total. The molecule has 3 rings (SSSR count). The highest BCUT2D eigenvalue weighted by atomic mass is 16.2. The summed E-state index contributed by atoms with van der Waals surface area (Å²) in [5.41, 5.74) is 0.159. The third-order valence-electron chi connectivity index (χ3n) is 4.46. The van der Waals surface area contributed by atoms with Gasteiger partial charge in [0.25, 0.3) is 5.56 Å². The second-order valence-electron chi connectivity index (χ2n) is 6.73. The molecule has 2 aromatic rings. The van der Waals surface area contributed by atoms with Gasteiger partial charge in [0.15, 0.2) is 5.65 Å². The number of aryl methyl sites for hydroxylation is 1. The van der Waals surface area contributed by atoms with E-state index in [9.17, 15) is 9.59 Å². The number of nitrogens with zero attached hydrogens (tertiary/aromatic N) is 4. The van der Waals surface area contributed by atoms with Crippen molar-refractivity contribution in [2.24, 2.45) is 25.9 Å². The Labute approximate surface area is 128 Å². The maximum atomic E-state index is 12.2. The molecule has 0 bridgehead atoms. The topological polar surface area (TPSA) is 75.9 Å². The Morgan fingerprint density at radius 3 is 2.41 bits per heavy atom. The summed E-state index contributed by atoms with van der Waals surface area (Å²) in [7, 11) is 3.12. The first-order valence-corrected chi connectivity index (χ1v) is 7.73. The predicted octanol–water partition coefficient (Wildman–Crippen LogP) is 0.438.